The molecular weight excluding hydrogens is 732 g/mol. The third-order valence-electron chi connectivity index (χ3n) is 12.2. The second-order valence-corrected chi connectivity index (χ2v) is 15.6. The molecule has 10 rings (SSSR count). The Bertz CT molecular complexity index is 2180. The van der Waals surface area contributed by atoms with Crippen LogP contribution in [-0.2, 0) is 36.4 Å². The Kier molecular flexibility index (Phi) is 11.1. The van der Waals surface area contributed by atoms with Gasteiger partial charge < -0.3 is 39.3 Å². The fourth-order valence-electron chi connectivity index (χ4n) is 10.6. The van der Waals surface area contributed by atoms with E-state index < -0.39 is 0 Å². The first-order valence-electron chi connectivity index (χ1n) is 18.4. The summed E-state index contributed by atoms with van der Waals surface area (Å²) in [4.78, 5) is 2.22. The summed E-state index contributed by atoms with van der Waals surface area (Å²) in [5.74, 6) is 2.97. The molecule has 53 heavy (non-hydrogen) atoms. The van der Waals surface area contributed by atoms with Gasteiger partial charge >= 0.3 is 26.2 Å². The van der Waals surface area contributed by atoms with Crippen molar-refractivity contribution >= 4 is 33.2 Å². The molecule has 0 atom stereocenters. The van der Waals surface area contributed by atoms with Crippen molar-refractivity contribution in [2.75, 3.05) is 25.2 Å². The number of fused-ring (bicyclic) bond motifs is 3. The molecule has 5 nitrogen and oxygen atoms in total. The van der Waals surface area contributed by atoms with Crippen LogP contribution in [0.15, 0.2) is 97.1 Å². The Morgan fingerprint density at radius 3 is 1.83 bits per heavy atom. The predicted molar refractivity (Wildman–Crippen MR) is 217 cm³/mol. The summed E-state index contributed by atoms with van der Waals surface area (Å²) in [7, 11) is 1.73. The maximum Gasteiger partial charge on any atom is 2.00 e. The standard InChI is InChI=1S/C45H46N2O3.2CH3.Zr/c1-28-18-36(43(48)42(21-28)47-39-14-8-5-10-33(39)34-11-6-9-15-40(34)47)35-12-4-7-13-38(35)46(16-17-50-3)41-20-29(2)19-37(44(41)49)45-25-30-22-31(26-45)24-32(23-30)27-45;;;/h4-15,18-21,30-32,48-49H,16-17,22-27H2,1-3H3;2*1H3;/q;2*-1;+2. The molecular formula is C47H52N2O3Zr. The third kappa shape index (κ3) is 6.44. The molecule has 4 aliphatic carbocycles. The number of rotatable bonds is 8. The van der Waals surface area contributed by atoms with E-state index in [-0.39, 0.29) is 52.2 Å². The van der Waals surface area contributed by atoms with Gasteiger partial charge in [0.25, 0.3) is 0 Å². The Morgan fingerprint density at radius 2 is 1.23 bits per heavy atom. The van der Waals surface area contributed by atoms with Crippen molar-refractivity contribution in [3.05, 3.63) is 129 Å². The van der Waals surface area contributed by atoms with Crippen molar-refractivity contribution in [3.63, 3.8) is 0 Å². The molecule has 0 saturated heterocycles. The number of hydrogen-bond acceptors (Lipinski definition) is 4. The number of aromatic nitrogens is 1. The van der Waals surface area contributed by atoms with Gasteiger partial charge in [-0.05, 0) is 123 Å². The van der Waals surface area contributed by atoms with E-state index in [0.717, 1.165) is 84.4 Å². The summed E-state index contributed by atoms with van der Waals surface area (Å²) < 4.78 is 7.86. The third-order valence-corrected chi connectivity index (χ3v) is 12.2. The molecule has 6 aromatic rings. The number of aromatic hydroxyl groups is 2. The molecule has 6 heteroatoms. The van der Waals surface area contributed by atoms with Crippen LogP contribution in [0.5, 0.6) is 11.5 Å². The SMILES string of the molecule is COCCN(c1ccccc1-c1cc(C)cc(-n2c3ccccc3c3ccccc32)c1O)c1cc(C)cc(C23CC4CC(CC(C4)C2)C3)c1O.[CH3-].[CH3-].[Zr+2]. The van der Waals surface area contributed by atoms with E-state index in [1.165, 1.54) is 38.5 Å². The molecule has 4 bridgehead atoms. The number of ether oxygens (including phenoxy) is 1. The number of aryl methyl sites for hydroxylation is 2. The van der Waals surface area contributed by atoms with Crippen LogP contribution in [0.1, 0.15) is 55.2 Å². The van der Waals surface area contributed by atoms with Gasteiger partial charge in [0.2, 0.25) is 0 Å². The van der Waals surface area contributed by atoms with Gasteiger partial charge in [0.05, 0.1) is 29.0 Å². The van der Waals surface area contributed by atoms with Crippen LogP contribution < -0.4 is 4.90 Å². The molecule has 2 N–H and O–H groups in total. The summed E-state index contributed by atoms with van der Waals surface area (Å²) in [6.07, 6.45) is 7.65. The molecule has 0 aliphatic heterocycles. The van der Waals surface area contributed by atoms with Crippen molar-refractivity contribution in [2.45, 2.75) is 57.8 Å². The van der Waals surface area contributed by atoms with Crippen LogP contribution in [0, 0.1) is 46.5 Å². The second-order valence-electron chi connectivity index (χ2n) is 15.6. The summed E-state index contributed by atoms with van der Waals surface area (Å²) >= 11 is 0. The molecule has 0 unspecified atom stereocenters. The van der Waals surface area contributed by atoms with Gasteiger partial charge in [0, 0.05) is 46.8 Å². The zero-order valence-corrected chi connectivity index (χ0v) is 34.3. The maximum atomic E-state index is 12.4. The van der Waals surface area contributed by atoms with E-state index in [1.54, 1.807) is 7.11 Å². The molecule has 0 spiro atoms. The molecule has 4 saturated carbocycles. The largest absolute Gasteiger partial charge is 2.00 e. The molecule has 0 radical (unpaired) electrons. The molecule has 0 amide bonds. The molecule has 4 aliphatic rings. The van der Waals surface area contributed by atoms with Crippen molar-refractivity contribution in [3.8, 4) is 28.3 Å². The summed E-state index contributed by atoms with van der Waals surface area (Å²) in [6.45, 7) is 5.30. The van der Waals surface area contributed by atoms with Crippen molar-refractivity contribution in [2.24, 2.45) is 17.8 Å². The second kappa shape index (κ2) is 15.1. The van der Waals surface area contributed by atoms with Gasteiger partial charge in [0.1, 0.15) is 11.5 Å². The van der Waals surface area contributed by atoms with Crippen molar-refractivity contribution < 1.29 is 41.2 Å². The predicted octanol–water partition coefficient (Wildman–Crippen LogP) is 11.6. The molecule has 4 fully saturated rings. The van der Waals surface area contributed by atoms with Gasteiger partial charge in [-0.25, -0.2) is 0 Å². The van der Waals surface area contributed by atoms with Crippen molar-refractivity contribution in [1.29, 1.82) is 0 Å². The summed E-state index contributed by atoms with van der Waals surface area (Å²) in [5, 5.41) is 27.0. The minimum atomic E-state index is 0. The van der Waals surface area contributed by atoms with E-state index in [2.05, 4.69) is 108 Å². The Morgan fingerprint density at radius 1 is 0.679 bits per heavy atom. The van der Waals surface area contributed by atoms with E-state index in [4.69, 9.17) is 4.74 Å². The minimum absolute atomic E-state index is 0. The number of nitrogens with zero attached hydrogens (tertiary/aromatic N) is 2. The molecule has 5 aromatic carbocycles. The van der Waals surface area contributed by atoms with Gasteiger partial charge in [-0.2, -0.15) is 0 Å². The Hall–Kier alpha value is -3.86. The fraction of sp³-hybridized carbons (Fsp3) is 0.319. The number of benzene rings is 5. The number of phenolic OH excluding ortho intramolecular Hbond substituents is 2. The van der Waals surface area contributed by atoms with Crippen LogP contribution in [0.4, 0.5) is 11.4 Å². The fourth-order valence-corrected chi connectivity index (χ4v) is 10.6. The van der Waals surface area contributed by atoms with E-state index in [9.17, 15) is 10.2 Å². The number of anilines is 2. The zero-order valence-electron chi connectivity index (χ0n) is 31.8. The average Bonchev–Trinajstić information content (AvgIpc) is 3.44. The summed E-state index contributed by atoms with van der Waals surface area (Å²) in [6, 6.07) is 33.6. The van der Waals surface area contributed by atoms with Gasteiger partial charge in [-0.3, -0.25) is 0 Å². The first kappa shape index (κ1) is 38.9. The van der Waals surface area contributed by atoms with Gasteiger partial charge in [-0.15, -0.1) is 0 Å². The maximum absolute atomic E-state index is 12.4. The Labute approximate surface area is 334 Å². The van der Waals surface area contributed by atoms with Gasteiger partial charge in [-0.1, -0.05) is 60.7 Å². The van der Waals surface area contributed by atoms with Crippen LogP contribution >= 0.6 is 0 Å². The van der Waals surface area contributed by atoms with Crippen LogP contribution in [0.2, 0.25) is 0 Å². The molecule has 1 aromatic heterocycles. The number of methoxy groups -OCH3 is 1. The average molecular weight is 784 g/mol. The van der Waals surface area contributed by atoms with Crippen molar-refractivity contribution in [1.82, 2.24) is 4.57 Å². The van der Waals surface area contributed by atoms with E-state index in [0.29, 0.717) is 18.9 Å². The number of phenols is 2. The number of para-hydroxylation sites is 3. The van der Waals surface area contributed by atoms with Gasteiger partial charge in [0.15, 0.2) is 0 Å². The van der Waals surface area contributed by atoms with Crippen LogP contribution in [0.25, 0.3) is 38.6 Å². The first-order valence-corrected chi connectivity index (χ1v) is 18.4. The smallest absolute Gasteiger partial charge is 0.505 e. The summed E-state index contributed by atoms with van der Waals surface area (Å²) in [5.41, 5.74) is 9.67. The molecule has 1 heterocycles. The minimum Gasteiger partial charge on any atom is -0.505 e. The quantitative estimate of drug-likeness (QED) is 0.151. The van der Waals surface area contributed by atoms with E-state index >= 15 is 0 Å². The van der Waals surface area contributed by atoms with Crippen LogP contribution in [-0.4, -0.2) is 35.0 Å². The Balaban J connectivity index is 0.00000160. The van der Waals surface area contributed by atoms with E-state index in [1.807, 2.05) is 12.1 Å². The normalized spacial score (nSPS) is 21.2. The first-order chi connectivity index (χ1) is 24.3. The monoisotopic (exact) mass is 782 g/mol. The zero-order chi connectivity index (χ0) is 34.1. The topological polar surface area (TPSA) is 57.9 Å². The molecule has 272 valence electrons. The number of hydrogen-bond donors (Lipinski definition) is 2. The van der Waals surface area contributed by atoms with Crippen LogP contribution in [0.3, 0.4) is 0 Å².